The molecule has 0 aliphatic heterocycles. The molecule has 0 spiro atoms. The highest BCUT2D eigenvalue weighted by Crippen LogP contribution is 2.09. The van der Waals surface area contributed by atoms with E-state index in [-0.39, 0.29) is 11.9 Å². The number of hydrogen-bond donors (Lipinski definition) is 3. The number of methoxy groups -OCH3 is 1. The predicted octanol–water partition coefficient (Wildman–Crippen LogP) is 2.63. The number of rotatable bonds is 10. The summed E-state index contributed by atoms with van der Waals surface area (Å²) < 4.78 is 10.0. The smallest absolute Gasteiger partial charge is 0.411 e. The van der Waals surface area contributed by atoms with Crippen LogP contribution in [0.4, 0.5) is 22.4 Å². The van der Waals surface area contributed by atoms with E-state index < -0.39 is 6.09 Å². The topological polar surface area (TPSA) is 110 Å². The van der Waals surface area contributed by atoms with Crippen molar-refractivity contribution in [2.75, 3.05) is 49.4 Å². The van der Waals surface area contributed by atoms with Crippen LogP contribution in [0.15, 0.2) is 30.3 Å². The number of para-hydroxylation sites is 1. The molecule has 0 bridgehead atoms. The highest BCUT2D eigenvalue weighted by molar-refractivity contribution is 6.28. The van der Waals surface area contributed by atoms with Gasteiger partial charge in [0.25, 0.3) is 0 Å². The summed E-state index contributed by atoms with van der Waals surface area (Å²) in [4.78, 5) is 23.8. The number of halogens is 1. The fraction of sp³-hybridized carbons (Fsp3) is 0.375. The second-order valence-electron chi connectivity index (χ2n) is 5.08. The largest absolute Gasteiger partial charge is 0.447 e. The van der Waals surface area contributed by atoms with Crippen LogP contribution in [-0.4, -0.2) is 54.5 Å². The lowest BCUT2D eigenvalue weighted by Crippen LogP contribution is -2.19. The number of hydrogen-bond acceptors (Lipinski definition) is 8. The van der Waals surface area contributed by atoms with E-state index in [1.54, 1.807) is 19.2 Å². The Morgan fingerprint density at radius 2 is 1.73 bits per heavy atom. The van der Waals surface area contributed by atoms with E-state index in [9.17, 15) is 4.79 Å². The molecule has 0 fully saturated rings. The Bertz CT molecular complexity index is 689. The Hall–Kier alpha value is -2.65. The molecule has 3 N–H and O–H groups in total. The Morgan fingerprint density at radius 3 is 2.42 bits per heavy atom. The highest BCUT2D eigenvalue weighted by atomic mass is 35.5. The lowest BCUT2D eigenvalue weighted by Gasteiger charge is -2.09. The molecular weight excluding hydrogens is 360 g/mol. The molecule has 2 rings (SSSR count). The molecule has 26 heavy (non-hydrogen) atoms. The molecule has 0 unspecified atom stereocenters. The molecule has 0 aliphatic carbocycles. The van der Waals surface area contributed by atoms with E-state index in [0.717, 1.165) is 6.42 Å². The van der Waals surface area contributed by atoms with Gasteiger partial charge in [0, 0.05) is 25.9 Å². The number of ether oxygens (including phenoxy) is 2. The van der Waals surface area contributed by atoms with Crippen LogP contribution in [0.5, 0.6) is 0 Å². The van der Waals surface area contributed by atoms with Gasteiger partial charge in [-0.3, -0.25) is 5.32 Å². The number of nitrogens with zero attached hydrogens (tertiary/aromatic N) is 3. The summed E-state index contributed by atoms with van der Waals surface area (Å²) in [7, 11) is 1.64. The zero-order valence-electron chi connectivity index (χ0n) is 14.4. The number of nitrogens with one attached hydrogen (secondary N) is 3. The van der Waals surface area contributed by atoms with Gasteiger partial charge in [-0.25, -0.2) is 4.79 Å². The van der Waals surface area contributed by atoms with Crippen LogP contribution in [0, 0.1) is 0 Å². The minimum absolute atomic E-state index is 0.0690. The molecule has 10 heteroatoms. The fourth-order valence-corrected chi connectivity index (χ4v) is 2.07. The van der Waals surface area contributed by atoms with E-state index in [1.807, 2.05) is 18.2 Å². The summed E-state index contributed by atoms with van der Waals surface area (Å²) in [5.41, 5.74) is 0.666. The third kappa shape index (κ3) is 7.49. The molecule has 1 aromatic carbocycles. The number of amides is 1. The van der Waals surface area contributed by atoms with Crippen LogP contribution in [0.1, 0.15) is 6.42 Å². The SMILES string of the molecule is COCCCNc1nc(Cl)nc(NCCOC(=O)Nc2ccccc2)n1. The summed E-state index contributed by atoms with van der Waals surface area (Å²) in [5.74, 6) is 0.664. The van der Waals surface area contributed by atoms with Crippen LogP contribution >= 0.6 is 11.6 Å². The van der Waals surface area contributed by atoms with Crippen molar-refractivity contribution < 1.29 is 14.3 Å². The second kappa shape index (κ2) is 11.1. The quantitative estimate of drug-likeness (QED) is 0.539. The van der Waals surface area contributed by atoms with Crippen molar-refractivity contribution in [3.63, 3.8) is 0 Å². The second-order valence-corrected chi connectivity index (χ2v) is 5.42. The number of carbonyl (C=O) groups is 1. The first-order valence-corrected chi connectivity index (χ1v) is 8.42. The third-order valence-corrected chi connectivity index (χ3v) is 3.22. The van der Waals surface area contributed by atoms with E-state index in [4.69, 9.17) is 21.1 Å². The van der Waals surface area contributed by atoms with Gasteiger partial charge in [0.1, 0.15) is 6.61 Å². The fourth-order valence-electron chi connectivity index (χ4n) is 1.91. The maximum Gasteiger partial charge on any atom is 0.411 e. The van der Waals surface area contributed by atoms with Crippen LogP contribution in [-0.2, 0) is 9.47 Å². The number of aromatic nitrogens is 3. The van der Waals surface area contributed by atoms with Gasteiger partial charge >= 0.3 is 6.09 Å². The van der Waals surface area contributed by atoms with Crippen molar-refractivity contribution in [1.29, 1.82) is 0 Å². The first kappa shape index (κ1) is 19.7. The Balaban J connectivity index is 1.71. The molecule has 1 amide bonds. The maximum atomic E-state index is 11.7. The molecule has 0 atom stereocenters. The van der Waals surface area contributed by atoms with E-state index in [1.165, 1.54) is 0 Å². The average molecular weight is 381 g/mol. The minimum atomic E-state index is -0.535. The van der Waals surface area contributed by atoms with Crippen molar-refractivity contribution in [2.24, 2.45) is 0 Å². The predicted molar refractivity (Wildman–Crippen MR) is 99.7 cm³/mol. The maximum absolute atomic E-state index is 11.7. The van der Waals surface area contributed by atoms with Gasteiger partial charge in [-0.05, 0) is 30.2 Å². The first-order valence-electron chi connectivity index (χ1n) is 8.04. The zero-order valence-corrected chi connectivity index (χ0v) is 15.1. The van der Waals surface area contributed by atoms with Crippen molar-refractivity contribution in [1.82, 2.24) is 15.0 Å². The lowest BCUT2D eigenvalue weighted by atomic mass is 10.3. The van der Waals surface area contributed by atoms with E-state index in [2.05, 4.69) is 30.9 Å². The van der Waals surface area contributed by atoms with Crippen molar-refractivity contribution in [3.05, 3.63) is 35.6 Å². The van der Waals surface area contributed by atoms with Gasteiger partial charge < -0.3 is 20.1 Å². The van der Waals surface area contributed by atoms with Crippen LogP contribution in [0.25, 0.3) is 0 Å². The number of anilines is 3. The lowest BCUT2D eigenvalue weighted by molar-refractivity contribution is 0.166. The van der Waals surface area contributed by atoms with Crippen LogP contribution < -0.4 is 16.0 Å². The minimum Gasteiger partial charge on any atom is -0.447 e. The van der Waals surface area contributed by atoms with Gasteiger partial charge in [-0.15, -0.1) is 0 Å². The summed E-state index contributed by atoms with van der Waals surface area (Å²) >= 11 is 5.88. The van der Waals surface area contributed by atoms with Crippen LogP contribution in [0.2, 0.25) is 5.28 Å². The Morgan fingerprint density at radius 1 is 1.04 bits per heavy atom. The molecule has 9 nitrogen and oxygen atoms in total. The third-order valence-electron chi connectivity index (χ3n) is 3.05. The van der Waals surface area contributed by atoms with E-state index >= 15 is 0 Å². The molecule has 1 aromatic heterocycles. The van der Waals surface area contributed by atoms with Gasteiger partial charge in [0.05, 0.1) is 6.54 Å². The first-order chi connectivity index (χ1) is 12.7. The van der Waals surface area contributed by atoms with Gasteiger partial charge in [0.15, 0.2) is 0 Å². The molecule has 0 saturated carbocycles. The van der Waals surface area contributed by atoms with Crippen molar-refractivity contribution in [3.8, 4) is 0 Å². The summed E-state index contributed by atoms with van der Waals surface area (Å²) in [6, 6.07) is 9.05. The summed E-state index contributed by atoms with van der Waals surface area (Å²) in [6.45, 7) is 1.75. The van der Waals surface area contributed by atoms with E-state index in [0.29, 0.717) is 37.3 Å². The monoisotopic (exact) mass is 380 g/mol. The molecule has 1 heterocycles. The van der Waals surface area contributed by atoms with Gasteiger partial charge in [-0.2, -0.15) is 15.0 Å². The molecular formula is C16H21ClN6O3. The zero-order chi connectivity index (χ0) is 18.6. The molecule has 0 radical (unpaired) electrons. The number of carbonyl (C=O) groups excluding carboxylic acids is 1. The molecule has 2 aromatic rings. The van der Waals surface area contributed by atoms with Crippen molar-refractivity contribution in [2.45, 2.75) is 6.42 Å². The molecule has 0 aliphatic rings. The molecule has 140 valence electrons. The summed E-state index contributed by atoms with van der Waals surface area (Å²) in [6.07, 6.45) is 0.277. The average Bonchev–Trinajstić information content (AvgIpc) is 2.63. The van der Waals surface area contributed by atoms with Gasteiger partial charge in [0.2, 0.25) is 17.2 Å². The molecule has 0 saturated heterocycles. The summed E-state index contributed by atoms with van der Waals surface area (Å²) in [5, 5.41) is 8.65. The standard InChI is InChI=1S/C16H21ClN6O3/c1-25-10-5-8-18-14-21-13(17)22-15(23-14)19-9-11-26-16(24)20-12-6-3-2-4-7-12/h2-4,6-7H,5,8-11H2,1H3,(H,20,24)(H2,18,19,21,22,23). The Kier molecular flexibility index (Phi) is 8.37. The van der Waals surface area contributed by atoms with Crippen molar-refractivity contribution >= 4 is 35.3 Å². The highest BCUT2D eigenvalue weighted by Gasteiger charge is 2.06. The number of benzene rings is 1. The normalized spacial score (nSPS) is 10.2. The Labute approximate surface area is 156 Å². The van der Waals surface area contributed by atoms with Crippen LogP contribution in [0.3, 0.4) is 0 Å². The van der Waals surface area contributed by atoms with Gasteiger partial charge in [-0.1, -0.05) is 18.2 Å².